The first-order valence-corrected chi connectivity index (χ1v) is 10.3. The van der Waals surface area contributed by atoms with E-state index in [1.54, 1.807) is 25.1 Å². The minimum absolute atomic E-state index is 0.234. The number of hydrogen-bond acceptors (Lipinski definition) is 5. The van der Waals surface area contributed by atoms with Gasteiger partial charge in [0.15, 0.2) is 17.6 Å². The standard InChI is InChI=1S/C24H27N3O6/c1-12-6-8-17(10-13(12)2)26-22(28)20-14(3)25-24(31)27-21(20)16-7-9-18(19(11-16)32-5)33-15(4)23(29)30/h6-11,15,21H,1-5H3,(H,26,28)(H,29,30)(H2,25,27,31)/t15-,21-/m1/s1. The zero-order valence-corrected chi connectivity index (χ0v) is 19.1. The van der Waals surface area contributed by atoms with Crippen molar-refractivity contribution in [3.05, 3.63) is 64.4 Å². The van der Waals surface area contributed by atoms with Gasteiger partial charge in [0.05, 0.1) is 18.7 Å². The van der Waals surface area contributed by atoms with Crippen LogP contribution in [0.4, 0.5) is 10.5 Å². The summed E-state index contributed by atoms with van der Waals surface area (Å²) in [7, 11) is 1.42. The average Bonchev–Trinajstić information content (AvgIpc) is 2.75. The molecule has 4 N–H and O–H groups in total. The van der Waals surface area contributed by atoms with Crippen LogP contribution >= 0.6 is 0 Å². The first kappa shape index (κ1) is 23.6. The van der Waals surface area contributed by atoms with Crippen molar-refractivity contribution in [2.45, 2.75) is 39.8 Å². The van der Waals surface area contributed by atoms with Gasteiger partial charge in [-0.1, -0.05) is 12.1 Å². The summed E-state index contributed by atoms with van der Waals surface area (Å²) in [6.45, 7) is 7.01. The Labute approximate surface area is 191 Å². The lowest BCUT2D eigenvalue weighted by Gasteiger charge is -2.29. The molecule has 0 bridgehead atoms. The van der Waals surface area contributed by atoms with Gasteiger partial charge in [-0.05, 0) is 68.7 Å². The predicted molar refractivity (Wildman–Crippen MR) is 122 cm³/mol. The molecule has 0 saturated carbocycles. The number of nitrogens with one attached hydrogen (secondary N) is 3. The number of aryl methyl sites for hydroxylation is 2. The van der Waals surface area contributed by atoms with Gasteiger partial charge >= 0.3 is 12.0 Å². The molecular formula is C24H27N3O6. The van der Waals surface area contributed by atoms with E-state index >= 15 is 0 Å². The monoisotopic (exact) mass is 453 g/mol. The number of carbonyl (C=O) groups is 3. The predicted octanol–water partition coefficient (Wildman–Crippen LogP) is 3.43. The number of rotatable bonds is 7. The second-order valence-corrected chi connectivity index (χ2v) is 7.83. The Kier molecular flexibility index (Phi) is 6.91. The first-order valence-electron chi connectivity index (χ1n) is 10.3. The van der Waals surface area contributed by atoms with E-state index in [-0.39, 0.29) is 17.4 Å². The van der Waals surface area contributed by atoms with E-state index in [9.17, 15) is 14.4 Å². The summed E-state index contributed by atoms with van der Waals surface area (Å²) in [5.41, 5.74) is 4.12. The molecule has 1 aliphatic rings. The van der Waals surface area contributed by atoms with Crippen LogP contribution in [0.2, 0.25) is 0 Å². The van der Waals surface area contributed by atoms with E-state index in [0.29, 0.717) is 22.5 Å². The molecule has 3 amide bonds. The Balaban J connectivity index is 1.94. The van der Waals surface area contributed by atoms with Crippen LogP contribution in [0.5, 0.6) is 11.5 Å². The summed E-state index contributed by atoms with van der Waals surface area (Å²) in [6, 6.07) is 9.23. The number of aliphatic carboxylic acids is 1. The maximum atomic E-state index is 13.2. The molecule has 0 aromatic heterocycles. The lowest BCUT2D eigenvalue weighted by Crippen LogP contribution is -2.46. The van der Waals surface area contributed by atoms with E-state index in [2.05, 4.69) is 16.0 Å². The number of urea groups is 1. The molecule has 2 atom stereocenters. The molecule has 0 unspecified atom stereocenters. The highest BCUT2D eigenvalue weighted by Crippen LogP contribution is 2.35. The van der Waals surface area contributed by atoms with Gasteiger partial charge in [-0.2, -0.15) is 0 Å². The van der Waals surface area contributed by atoms with Crippen molar-refractivity contribution in [2.24, 2.45) is 0 Å². The summed E-state index contributed by atoms with van der Waals surface area (Å²) in [5.74, 6) is -0.971. The second kappa shape index (κ2) is 9.64. The van der Waals surface area contributed by atoms with E-state index < -0.39 is 24.1 Å². The Morgan fingerprint density at radius 2 is 1.79 bits per heavy atom. The number of hydrogen-bond donors (Lipinski definition) is 4. The molecule has 0 radical (unpaired) electrons. The SMILES string of the molecule is COc1cc([C@H]2NC(=O)NC(C)=C2C(=O)Nc2ccc(C)c(C)c2)ccc1O[C@H](C)C(=O)O. The lowest BCUT2D eigenvalue weighted by atomic mass is 9.94. The molecule has 2 aromatic rings. The highest BCUT2D eigenvalue weighted by molar-refractivity contribution is 6.06. The van der Waals surface area contributed by atoms with Gasteiger partial charge in [0, 0.05) is 11.4 Å². The van der Waals surface area contributed by atoms with E-state index in [4.69, 9.17) is 14.6 Å². The number of anilines is 1. The highest BCUT2D eigenvalue weighted by Gasteiger charge is 2.32. The summed E-state index contributed by atoms with van der Waals surface area (Å²) in [5, 5.41) is 17.4. The first-order chi connectivity index (χ1) is 15.6. The molecule has 0 aliphatic carbocycles. The van der Waals surface area contributed by atoms with Gasteiger partial charge in [0.25, 0.3) is 5.91 Å². The summed E-state index contributed by atoms with van der Waals surface area (Å²) >= 11 is 0. The van der Waals surface area contributed by atoms with Gasteiger partial charge in [0.2, 0.25) is 0 Å². The molecule has 174 valence electrons. The van der Waals surface area contributed by atoms with Gasteiger partial charge in [-0.15, -0.1) is 0 Å². The summed E-state index contributed by atoms with van der Waals surface area (Å²) < 4.78 is 10.8. The minimum atomic E-state index is -1.12. The Morgan fingerprint density at radius 3 is 2.42 bits per heavy atom. The topological polar surface area (TPSA) is 126 Å². The molecule has 0 spiro atoms. The van der Waals surface area contributed by atoms with Gasteiger partial charge < -0.3 is 30.5 Å². The van der Waals surface area contributed by atoms with Crippen LogP contribution in [0, 0.1) is 13.8 Å². The van der Waals surface area contributed by atoms with Gasteiger partial charge in [-0.3, -0.25) is 4.79 Å². The van der Waals surface area contributed by atoms with E-state index in [0.717, 1.165) is 11.1 Å². The number of amides is 3. The third-order valence-corrected chi connectivity index (χ3v) is 5.45. The minimum Gasteiger partial charge on any atom is -0.493 e. The molecule has 9 nitrogen and oxygen atoms in total. The fourth-order valence-corrected chi connectivity index (χ4v) is 3.46. The quantitative estimate of drug-likeness (QED) is 0.509. The van der Waals surface area contributed by atoms with Crippen molar-refractivity contribution in [2.75, 3.05) is 12.4 Å². The Bertz CT molecular complexity index is 1140. The molecule has 3 rings (SSSR count). The number of carbonyl (C=O) groups excluding carboxylic acids is 2. The van der Waals surface area contributed by atoms with Crippen molar-refractivity contribution in [1.82, 2.24) is 10.6 Å². The second-order valence-electron chi connectivity index (χ2n) is 7.83. The maximum absolute atomic E-state index is 13.2. The van der Waals surface area contributed by atoms with E-state index in [1.807, 2.05) is 32.0 Å². The number of ether oxygens (including phenoxy) is 2. The van der Waals surface area contributed by atoms with Crippen LogP contribution in [-0.4, -0.2) is 36.2 Å². The highest BCUT2D eigenvalue weighted by atomic mass is 16.5. The third kappa shape index (κ3) is 5.25. The number of allylic oxidation sites excluding steroid dienone is 1. The zero-order valence-electron chi connectivity index (χ0n) is 19.1. The van der Waals surface area contributed by atoms with Crippen molar-refractivity contribution < 1.29 is 29.0 Å². The van der Waals surface area contributed by atoms with Crippen LogP contribution in [0.3, 0.4) is 0 Å². The zero-order chi connectivity index (χ0) is 24.3. The van der Waals surface area contributed by atoms with Gasteiger partial charge in [0.1, 0.15) is 0 Å². The number of carboxylic acid groups (broad SMARTS) is 1. The molecule has 1 aliphatic heterocycles. The van der Waals surface area contributed by atoms with Crippen LogP contribution in [-0.2, 0) is 9.59 Å². The van der Waals surface area contributed by atoms with Crippen LogP contribution in [0.25, 0.3) is 0 Å². The van der Waals surface area contributed by atoms with Crippen molar-refractivity contribution in [3.8, 4) is 11.5 Å². The third-order valence-electron chi connectivity index (χ3n) is 5.45. The molecule has 9 heteroatoms. The van der Waals surface area contributed by atoms with Crippen LogP contribution in [0.15, 0.2) is 47.7 Å². The molecule has 0 fully saturated rings. The molecule has 1 heterocycles. The molecule has 2 aromatic carbocycles. The van der Waals surface area contributed by atoms with E-state index in [1.165, 1.54) is 14.0 Å². The van der Waals surface area contributed by atoms with Crippen molar-refractivity contribution in [3.63, 3.8) is 0 Å². The fourth-order valence-electron chi connectivity index (χ4n) is 3.46. The smallest absolute Gasteiger partial charge is 0.344 e. The van der Waals surface area contributed by atoms with Crippen LogP contribution in [0.1, 0.15) is 36.6 Å². The lowest BCUT2D eigenvalue weighted by molar-refractivity contribution is -0.144. The Morgan fingerprint density at radius 1 is 1.06 bits per heavy atom. The van der Waals surface area contributed by atoms with Crippen molar-refractivity contribution >= 4 is 23.6 Å². The number of carboxylic acids is 1. The van der Waals surface area contributed by atoms with Gasteiger partial charge in [-0.25, -0.2) is 9.59 Å². The van der Waals surface area contributed by atoms with Crippen LogP contribution < -0.4 is 25.4 Å². The number of benzene rings is 2. The summed E-state index contributed by atoms with van der Waals surface area (Å²) in [4.78, 5) is 36.5. The molecule has 0 saturated heterocycles. The summed E-state index contributed by atoms with van der Waals surface area (Å²) in [6.07, 6.45) is -1.08. The normalized spacial score (nSPS) is 16.4. The average molecular weight is 453 g/mol. The molecule has 33 heavy (non-hydrogen) atoms. The fraction of sp³-hybridized carbons (Fsp3) is 0.292. The number of methoxy groups -OCH3 is 1. The maximum Gasteiger partial charge on any atom is 0.344 e. The largest absolute Gasteiger partial charge is 0.493 e. The van der Waals surface area contributed by atoms with Crippen molar-refractivity contribution in [1.29, 1.82) is 0 Å². The molecular weight excluding hydrogens is 426 g/mol. The Hall–Kier alpha value is -4.01.